The summed E-state index contributed by atoms with van der Waals surface area (Å²) in [6.07, 6.45) is 0.847. The van der Waals surface area contributed by atoms with Crippen molar-refractivity contribution in [1.82, 2.24) is 10.3 Å². The predicted octanol–water partition coefficient (Wildman–Crippen LogP) is 3.33. The third kappa shape index (κ3) is 4.14. The van der Waals surface area contributed by atoms with Crippen molar-refractivity contribution in [2.45, 2.75) is 19.6 Å². The van der Waals surface area contributed by atoms with E-state index in [0.29, 0.717) is 18.0 Å². The summed E-state index contributed by atoms with van der Waals surface area (Å²) in [5, 5.41) is 14.7. The molecule has 0 fully saturated rings. The fraction of sp³-hybridized carbons (Fsp3) is 0.222. The highest BCUT2D eigenvalue weighted by Gasteiger charge is 2.17. The number of aromatic nitrogens is 1. The van der Waals surface area contributed by atoms with Gasteiger partial charge in [0, 0.05) is 28.2 Å². The quantitative estimate of drug-likeness (QED) is 0.551. The third-order valence-electron chi connectivity index (χ3n) is 3.71. The van der Waals surface area contributed by atoms with Crippen LogP contribution in [0.5, 0.6) is 5.75 Å². The first-order chi connectivity index (χ1) is 12.5. The molecule has 2 heterocycles. The van der Waals surface area contributed by atoms with Crippen molar-refractivity contribution >= 4 is 49.1 Å². The molecule has 3 aromatic rings. The summed E-state index contributed by atoms with van der Waals surface area (Å²) >= 11 is 4.81. The molecular weight excluding hydrogens is 418 g/mol. The Balaban J connectivity index is 1.85. The second-order valence-corrected chi connectivity index (χ2v) is 7.62. The molecule has 0 aliphatic carbocycles. The van der Waals surface area contributed by atoms with E-state index in [1.54, 1.807) is 6.92 Å². The lowest BCUT2D eigenvalue weighted by Crippen LogP contribution is -2.30. The van der Waals surface area contributed by atoms with E-state index in [2.05, 4.69) is 26.2 Å². The van der Waals surface area contributed by atoms with E-state index < -0.39 is 6.10 Å². The van der Waals surface area contributed by atoms with Gasteiger partial charge in [0.2, 0.25) is 0 Å². The highest BCUT2D eigenvalue weighted by molar-refractivity contribution is 9.10. The Labute approximate surface area is 163 Å². The molecule has 0 aliphatic heterocycles. The lowest BCUT2D eigenvalue weighted by Gasteiger charge is -2.09. The van der Waals surface area contributed by atoms with Crippen molar-refractivity contribution in [3.8, 4) is 5.75 Å². The molecule has 3 rings (SSSR count). The number of aliphatic hydroxyl groups excluding tert-OH is 1. The molecule has 0 saturated heterocycles. The average Bonchev–Trinajstić information content (AvgIpc) is 3.04. The zero-order chi connectivity index (χ0) is 18.7. The van der Waals surface area contributed by atoms with E-state index in [9.17, 15) is 9.90 Å². The first-order valence-electron chi connectivity index (χ1n) is 7.95. The number of anilines is 1. The van der Waals surface area contributed by atoms with Crippen molar-refractivity contribution in [1.29, 1.82) is 0 Å². The maximum absolute atomic E-state index is 12.4. The molecule has 0 saturated carbocycles. The number of amides is 1. The van der Waals surface area contributed by atoms with Crippen LogP contribution in [0.4, 0.5) is 5.82 Å². The molecule has 0 aliphatic rings. The van der Waals surface area contributed by atoms with E-state index in [1.165, 1.54) is 17.5 Å². The molecule has 1 atom stereocenters. The van der Waals surface area contributed by atoms with Crippen LogP contribution in [0, 0.1) is 0 Å². The van der Waals surface area contributed by atoms with E-state index in [1.807, 2.05) is 29.6 Å². The van der Waals surface area contributed by atoms with Crippen molar-refractivity contribution in [2.75, 3.05) is 12.3 Å². The lowest BCUT2D eigenvalue weighted by molar-refractivity contribution is 0.0925. The van der Waals surface area contributed by atoms with Gasteiger partial charge in [0.15, 0.2) is 0 Å². The number of nitrogens with two attached hydrogens (primary N) is 1. The van der Waals surface area contributed by atoms with Crippen molar-refractivity contribution in [3.63, 3.8) is 0 Å². The van der Waals surface area contributed by atoms with Crippen LogP contribution < -0.4 is 15.8 Å². The molecule has 8 heteroatoms. The van der Waals surface area contributed by atoms with Crippen LogP contribution in [0.25, 0.3) is 10.1 Å². The zero-order valence-corrected chi connectivity index (χ0v) is 16.4. The molecule has 1 aromatic carbocycles. The number of aliphatic hydroxyl groups is 1. The number of hydrogen-bond acceptors (Lipinski definition) is 6. The molecule has 0 spiro atoms. The summed E-state index contributed by atoms with van der Waals surface area (Å²) in [4.78, 5) is 16.5. The van der Waals surface area contributed by atoms with Crippen LogP contribution in [0.3, 0.4) is 0 Å². The number of nitrogen functional groups attached to an aromatic ring is 1. The fourth-order valence-corrected chi connectivity index (χ4v) is 3.76. The van der Waals surface area contributed by atoms with Gasteiger partial charge in [-0.3, -0.25) is 4.79 Å². The van der Waals surface area contributed by atoms with Crippen LogP contribution in [0.1, 0.15) is 22.8 Å². The highest BCUT2D eigenvalue weighted by Crippen LogP contribution is 2.33. The predicted molar refractivity (Wildman–Crippen MR) is 107 cm³/mol. The van der Waals surface area contributed by atoms with Crippen LogP contribution >= 0.6 is 27.3 Å². The van der Waals surface area contributed by atoms with Gasteiger partial charge in [-0.2, -0.15) is 0 Å². The Hall–Kier alpha value is -2.16. The third-order valence-corrected chi connectivity index (χ3v) is 5.30. The Morgan fingerprint density at radius 1 is 1.42 bits per heavy atom. The number of halogens is 1. The van der Waals surface area contributed by atoms with Gasteiger partial charge in [-0.15, -0.1) is 11.3 Å². The van der Waals surface area contributed by atoms with Crippen molar-refractivity contribution in [3.05, 3.63) is 51.4 Å². The average molecular weight is 436 g/mol. The van der Waals surface area contributed by atoms with E-state index >= 15 is 0 Å². The molecule has 1 unspecified atom stereocenters. The summed E-state index contributed by atoms with van der Waals surface area (Å²) in [7, 11) is 0. The Morgan fingerprint density at radius 2 is 2.15 bits per heavy atom. The van der Waals surface area contributed by atoms with E-state index in [4.69, 9.17) is 10.5 Å². The van der Waals surface area contributed by atoms with Crippen LogP contribution in [0.2, 0.25) is 0 Å². The maximum Gasteiger partial charge on any atom is 0.254 e. The number of rotatable bonds is 6. The molecule has 6 nitrogen and oxygen atoms in total. The SMILES string of the molecule is CC(O)CNC(=O)c1cnc(N)c2c(COc3ccc(Br)cc3)csc12. The van der Waals surface area contributed by atoms with Gasteiger partial charge >= 0.3 is 0 Å². The van der Waals surface area contributed by atoms with Gasteiger partial charge in [0.1, 0.15) is 18.2 Å². The van der Waals surface area contributed by atoms with Gasteiger partial charge in [-0.25, -0.2) is 4.98 Å². The van der Waals surface area contributed by atoms with Crippen LogP contribution in [-0.2, 0) is 6.61 Å². The van der Waals surface area contributed by atoms with Gasteiger partial charge in [-0.1, -0.05) is 15.9 Å². The number of hydrogen-bond donors (Lipinski definition) is 3. The molecule has 26 heavy (non-hydrogen) atoms. The summed E-state index contributed by atoms with van der Waals surface area (Å²) in [6.45, 7) is 2.11. The minimum absolute atomic E-state index is 0.176. The number of nitrogens with zero attached hydrogens (tertiary/aromatic N) is 1. The second kappa shape index (κ2) is 8.03. The normalized spacial score (nSPS) is 12.1. The van der Waals surface area contributed by atoms with Gasteiger partial charge < -0.3 is 20.9 Å². The molecule has 0 radical (unpaired) electrons. The topological polar surface area (TPSA) is 97.5 Å². The minimum Gasteiger partial charge on any atom is -0.489 e. The number of nitrogens with one attached hydrogen (secondary N) is 1. The minimum atomic E-state index is -0.616. The Kier molecular flexibility index (Phi) is 5.75. The Morgan fingerprint density at radius 3 is 2.85 bits per heavy atom. The maximum atomic E-state index is 12.4. The number of benzene rings is 1. The summed E-state index contributed by atoms with van der Waals surface area (Å²) in [5.74, 6) is 0.818. The molecular formula is C18H18BrN3O3S. The van der Waals surface area contributed by atoms with Crippen LogP contribution in [0.15, 0.2) is 40.3 Å². The molecule has 1 amide bonds. The number of carbonyl (C=O) groups is 1. The van der Waals surface area contributed by atoms with E-state index in [-0.39, 0.29) is 12.5 Å². The molecule has 4 N–H and O–H groups in total. The number of thiophene rings is 1. The first kappa shape index (κ1) is 18.6. The second-order valence-electron chi connectivity index (χ2n) is 5.82. The van der Waals surface area contributed by atoms with E-state index in [0.717, 1.165) is 25.9 Å². The lowest BCUT2D eigenvalue weighted by atomic mass is 10.1. The molecule has 136 valence electrons. The fourth-order valence-electron chi connectivity index (χ4n) is 2.43. The first-order valence-corrected chi connectivity index (χ1v) is 9.62. The standard InChI is InChI=1S/C18H18BrN3O3S/c1-10(23)6-22-18(24)14-7-21-17(20)15-11(9-26-16(14)15)8-25-13-4-2-12(19)3-5-13/h2-5,7,9-10,23H,6,8H2,1H3,(H2,20,21)(H,22,24). The number of ether oxygens (including phenoxy) is 1. The largest absolute Gasteiger partial charge is 0.489 e. The van der Waals surface area contributed by atoms with Crippen molar-refractivity contribution < 1.29 is 14.6 Å². The molecule has 2 aromatic heterocycles. The van der Waals surface area contributed by atoms with Crippen LogP contribution in [-0.4, -0.2) is 28.6 Å². The number of carbonyl (C=O) groups excluding carboxylic acids is 1. The smallest absolute Gasteiger partial charge is 0.254 e. The van der Waals surface area contributed by atoms with Gasteiger partial charge in [0.05, 0.1) is 16.4 Å². The number of fused-ring (bicyclic) bond motifs is 1. The summed E-state index contributed by atoms with van der Waals surface area (Å²) in [6, 6.07) is 7.55. The summed E-state index contributed by atoms with van der Waals surface area (Å²) in [5.41, 5.74) is 7.36. The highest BCUT2D eigenvalue weighted by atomic mass is 79.9. The van der Waals surface area contributed by atoms with Gasteiger partial charge in [0.25, 0.3) is 5.91 Å². The summed E-state index contributed by atoms with van der Waals surface area (Å²) < 4.78 is 7.55. The molecule has 0 bridgehead atoms. The zero-order valence-electron chi connectivity index (χ0n) is 14.0. The van der Waals surface area contributed by atoms with Crippen molar-refractivity contribution in [2.24, 2.45) is 0 Å². The monoisotopic (exact) mass is 435 g/mol. The Bertz CT molecular complexity index is 925. The number of pyridine rings is 1. The van der Waals surface area contributed by atoms with Gasteiger partial charge in [-0.05, 0) is 36.6 Å².